The lowest BCUT2D eigenvalue weighted by Crippen LogP contribution is -2.16. The molecule has 1 N–H and O–H groups in total. The molecule has 4 nitrogen and oxygen atoms in total. The average molecular weight is 329 g/mol. The monoisotopic (exact) mass is 329 g/mol. The van der Waals surface area contributed by atoms with E-state index in [4.69, 9.17) is 0 Å². The van der Waals surface area contributed by atoms with Crippen molar-refractivity contribution in [2.24, 2.45) is 0 Å². The molecule has 0 amide bonds. The van der Waals surface area contributed by atoms with Crippen molar-refractivity contribution in [1.29, 1.82) is 0 Å². The Balaban J connectivity index is 1.82. The van der Waals surface area contributed by atoms with Gasteiger partial charge in [-0.1, -0.05) is 30.3 Å². The fourth-order valence-electron chi connectivity index (χ4n) is 1.71. The Kier molecular flexibility index (Phi) is 5.48. The Bertz CT molecular complexity index is 635. The molecule has 118 valence electrons. The molecule has 1 atom stereocenters. The number of nitrogens with zero attached hydrogens (tertiary/aromatic N) is 2. The zero-order valence-corrected chi connectivity index (χ0v) is 12.3. The van der Waals surface area contributed by atoms with E-state index >= 15 is 0 Å². The summed E-state index contributed by atoms with van der Waals surface area (Å²) in [5.74, 6) is 0.590. The summed E-state index contributed by atoms with van der Waals surface area (Å²) in [4.78, 5) is 7.09. The van der Waals surface area contributed by atoms with E-state index in [2.05, 4.69) is 15.3 Å². The third-order valence-electron chi connectivity index (χ3n) is 2.73. The van der Waals surface area contributed by atoms with Crippen molar-refractivity contribution in [1.82, 2.24) is 9.97 Å². The molecular weight excluding hydrogens is 315 g/mol. The van der Waals surface area contributed by atoms with Crippen LogP contribution in [0.3, 0.4) is 0 Å². The van der Waals surface area contributed by atoms with Crippen LogP contribution in [0, 0.1) is 0 Å². The summed E-state index contributed by atoms with van der Waals surface area (Å²) in [6.07, 6.45) is -3.46. The van der Waals surface area contributed by atoms with Gasteiger partial charge in [-0.25, -0.2) is 9.97 Å². The smallest absolute Gasteiger partial charge is 0.353 e. The predicted octanol–water partition coefficient (Wildman–Crippen LogP) is 2.86. The first kappa shape index (κ1) is 16.4. The Labute approximate surface area is 128 Å². The van der Waals surface area contributed by atoms with Gasteiger partial charge in [-0.3, -0.25) is 4.21 Å². The molecule has 0 saturated carbocycles. The molecule has 1 aromatic heterocycles. The van der Waals surface area contributed by atoms with Crippen molar-refractivity contribution in [3.8, 4) is 0 Å². The lowest BCUT2D eigenvalue weighted by molar-refractivity contribution is -0.141. The van der Waals surface area contributed by atoms with Gasteiger partial charge in [-0.15, -0.1) is 0 Å². The summed E-state index contributed by atoms with van der Waals surface area (Å²) >= 11 is 0. The topological polar surface area (TPSA) is 54.9 Å². The van der Waals surface area contributed by atoms with Crippen molar-refractivity contribution in [2.75, 3.05) is 17.6 Å². The second-order valence-corrected chi connectivity index (χ2v) is 6.04. The molecule has 0 aliphatic carbocycles. The van der Waals surface area contributed by atoms with Crippen LogP contribution in [0.2, 0.25) is 0 Å². The van der Waals surface area contributed by atoms with Crippen LogP contribution in [0.4, 0.5) is 19.1 Å². The van der Waals surface area contributed by atoms with Gasteiger partial charge in [-0.05, 0) is 11.6 Å². The zero-order valence-electron chi connectivity index (χ0n) is 11.5. The Hall–Kier alpha value is -1.96. The number of benzene rings is 1. The van der Waals surface area contributed by atoms with E-state index in [1.807, 2.05) is 30.3 Å². The number of hydrogen-bond donors (Lipinski definition) is 1. The van der Waals surface area contributed by atoms with Crippen LogP contribution in [0.25, 0.3) is 0 Å². The van der Waals surface area contributed by atoms with Crippen molar-refractivity contribution < 1.29 is 17.4 Å². The normalized spacial score (nSPS) is 12.9. The van der Waals surface area contributed by atoms with E-state index in [1.165, 1.54) is 0 Å². The van der Waals surface area contributed by atoms with Crippen LogP contribution < -0.4 is 5.32 Å². The molecule has 2 aromatic rings. The minimum atomic E-state index is -4.50. The van der Waals surface area contributed by atoms with Gasteiger partial charge in [0.15, 0.2) is 0 Å². The molecule has 8 heteroatoms. The van der Waals surface area contributed by atoms with Crippen molar-refractivity contribution in [2.45, 2.75) is 11.9 Å². The van der Waals surface area contributed by atoms with Gasteiger partial charge in [-0.2, -0.15) is 13.2 Å². The maximum Gasteiger partial charge on any atom is 0.433 e. The molecule has 0 aliphatic heterocycles. The van der Waals surface area contributed by atoms with E-state index in [0.717, 1.165) is 17.8 Å². The van der Waals surface area contributed by atoms with Crippen LogP contribution in [-0.2, 0) is 22.7 Å². The average Bonchev–Trinajstić information content (AvgIpc) is 2.48. The number of alkyl halides is 3. The highest BCUT2D eigenvalue weighted by atomic mass is 32.2. The lowest BCUT2D eigenvalue weighted by atomic mass is 10.2. The van der Waals surface area contributed by atoms with Gasteiger partial charge in [0.2, 0.25) is 5.95 Å². The van der Waals surface area contributed by atoms with Crippen LogP contribution >= 0.6 is 0 Å². The molecule has 1 aromatic carbocycles. The molecule has 1 heterocycles. The fraction of sp³-hybridized carbons (Fsp3) is 0.286. The SMILES string of the molecule is O=[S@@](CCNc1nccc(C(F)(F)F)n1)Cc1ccccc1. The zero-order chi connectivity index (χ0) is 16.0. The van der Waals surface area contributed by atoms with Gasteiger partial charge in [0.1, 0.15) is 5.69 Å². The largest absolute Gasteiger partial charge is 0.433 e. The van der Waals surface area contributed by atoms with Gasteiger partial charge >= 0.3 is 6.18 Å². The fourth-order valence-corrected chi connectivity index (χ4v) is 2.75. The minimum Gasteiger partial charge on any atom is -0.353 e. The lowest BCUT2D eigenvalue weighted by Gasteiger charge is -2.08. The van der Waals surface area contributed by atoms with E-state index in [-0.39, 0.29) is 12.5 Å². The number of halogens is 3. The summed E-state index contributed by atoms with van der Waals surface area (Å²) in [7, 11) is -1.11. The summed E-state index contributed by atoms with van der Waals surface area (Å²) in [5.41, 5.74) is -0.0495. The summed E-state index contributed by atoms with van der Waals surface area (Å²) in [5, 5.41) is 2.66. The molecule has 0 unspecified atom stereocenters. The van der Waals surface area contributed by atoms with Crippen LogP contribution in [0.1, 0.15) is 11.3 Å². The molecule has 0 radical (unpaired) electrons. The summed E-state index contributed by atoms with van der Waals surface area (Å²) in [6, 6.07) is 10.2. The molecule has 0 aliphatic rings. The first-order chi connectivity index (χ1) is 10.4. The second-order valence-electron chi connectivity index (χ2n) is 4.46. The van der Waals surface area contributed by atoms with E-state index < -0.39 is 22.7 Å². The second kappa shape index (κ2) is 7.35. The van der Waals surface area contributed by atoms with E-state index in [1.54, 1.807) is 0 Å². The first-order valence-electron chi connectivity index (χ1n) is 6.48. The Morgan fingerprint density at radius 1 is 1.14 bits per heavy atom. The van der Waals surface area contributed by atoms with Crippen LogP contribution in [0.15, 0.2) is 42.6 Å². The summed E-state index contributed by atoms with van der Waals surface area (Å²) < 4.78 is 49.4. The molecule has 0 bridgehead atoms. The highest BCUT2D eigenvalue weighted by Crippen LogP contribution is 2.27. The maximum atomic E-state index is 12.5. The Morgan fingerprint density at radius 3 is 2.55 bits per heavy atom. The van der Waals surface area contributed by atoms with Gasteiger partial charge < -0.3 is 5.32 Å². The van der Waals surface area contributed by atoms with Crippen molar-refractivity contribution in [3.63, 3.8) is 0 Å². The van der Waals surface area contributed by atoms with Crippen molar-refractivity contribution >= 4 is 16.7 Å². The number of aromatic nitrogens is 2. The van der Waals surface area contributed by atoms with Gasteiger partial charge in [0.05, 0.1) is 0 Å². The predicted molar refractivity (Wildman–Crippen MR) is 78.7 cm³/mol. The number of hydrogen-bond acceptors (Lipinski definition) is 4. The van der Waals surface area contributed by atoms with Crippen molar-refractivity contribution in [3.05, 3.63) is 53.9 Å². The third kappa shape index (κ3) is 5.10. The highest BCUT2D eigenvalue weighted by Gasteiger charge is 2.32. The highest BCUT2D eigenvalue weighted by molar-refractivity contribution is 7.84. The van der Waals surface area contributed by atoms with E-state index in [0.29, 0.717) is 11.5 Å². The standard InChI is InChI=1S/C14H14F3N3OS/c15-14(16,17)12-6-7-18-13(20-12)19-8-9-22(21)10-11-4-2-1-3-5-11/h1-7H,8-10H2,(H,18,19,20)/t22-/m0/s1. The summed E-state index contributed by atoms with van der Waals surface area (Å²) in [6.45, 7) is 0.237. The molecule has 22 heavy (non-hydrogen) atoms. The Morgan fingerprint density at radius 2 is 1.86 bits per heavy atom. The number of rotatable bonds is 6. The first-order valence-corrected chi connectivity index (χ1v) is 7.97. The van der Waals surface area contributed by atoms with Gasteiger partial charge in [0, 0.05) is 35.0 Å². The number of nitrogens with one attached hydrogen (secondary N) is 1. The third-order valence-corrected chi connectivity index (χ3v) is 4.04. The molecule has 0 saturated heterocycles. The van der Waals surface area contributed by atoms with Crippen LogP contribution in [-0.4, -0.2) is 26.5 Å². The molecule has 0 spiro atoms. The van der Waals surface area contributed by atoms with Crippen LogP contribution in [0.5, 0.6) is 0 Å². The maximum absolute atomic E-state index is 12.5. The van der Waals surface area contributed by atoms with Gasteiger partial charge in [0.25, 0.3) is 0 Å². The molecule has 2 rings (SSSR count). The van der Waals surface area contributed by atoms with E-state index in [9.17, 15) is 17.4 Å². The molecule has 0 fully saturated rings. The molecular formula is C14H14F3N3OS. The minimum absolute atomic E-state index is 0.119. The number of anilines is 1. The quantitative estimate of drug-likeness (QED) is 0.885.